The van der Waals surface area contributed by atoms with Crippen molar-refractivity contribution < 1.29 is 4.79 Å². The van der Waals surface area contributed by atoms with Crippen molar-refractivity contribution in [3.05, 3.63) is 92.9 Å². The minimum absolute atomic E-state index is 0.182. The SMILES string of the molecule is CN1C(=O)C(NC(=S)Nc2cc(Cl)ccc2Cl)N=C(c2ccccc2)c2cc(Cl)ccc21. The number of hydrogen-bond acceptors (Lipinski definition) is 3. The molecule has 1 unspecified atom stereocenters. The Kier molecular flexibility index (Phi) is 6.67. The number of halogens is 3. The van der Waals surface area contributed by atoms with E-state index in [1.807, 2.05) is 30.3 Å². The maximum Gasteiger partial charge on any atom is 0.272 e. The molecule has 0 fully saturated rings. The van der Waals surface area contributed by atoms with Crippen LogP contribution in [0.1, 0.15) is 11.1 Å². The van der Waals surface area contributed by atoms with E-state index in [0.29, 0.717) is 32.2 Å². The van der Waals surface area contributed by atoms with Crippen LogP contribution in [0, 0.1) is 0 Å². The summed E-state index contributed by atoms with van der Waals surface area (Å²) in [5.74, 6) is -0.277. The maximum absolute atomic E-state index is 13.3. The quantitative estimate of drug-likeness (QED) is 0.445. The van der Waals surface area contributed by atoms with Crippen molar-refractivity contribution in [2.45, 2.75) is 6.17 Å². The first kappa shape index (κ1) is 22.6. The Morgan fingerprint density at radius 1 is 1.00 bits per heavy atom. The van der Waals surface area contributed by atoms with Crippen molar-refractivity contribution >= 4 is 75.1 Å². The molecule has 32 heavy (non-hydrogen) atoms. The number of nitrogens with zero attached hydrogens (tertiary/aromatic N) is 2. The zero-order valence-corrected chi connectivity index (χ0v) is 19.9. The van der Waals surface area contributed by atoms with Crippen LogP contribution < -0.4 is 15.5 Å². The summed E-state index contributed by atoms with van der Waals surface area (Å²) in [5, 5.41) is 7.65. The van der Waals surface area contributed by atoms with Crippen LogP contribution in [0.15, 0.2) is 71.7 Å². The van der Waals surface area contributed by atoms with Gasteiger partial charge in [-0.3, -0.25) is 4.79 Å². The highest BCUT2D eigenvalue weighted by Gasteiger charge is 2.30. The second-order valence-electron chi connectivity index (χ2n) is 7.03. The van der Waals surface area contributed by atoms with Gasteiger partial charge in [0.05, 0.1) is 22.1 Å². The summed E-state index contributed by atoms with van der Waals surface area (Å²) in [6, 6.07) is 19.9. The molecule has 0 aromatic heterocycles. The number of likely N-dealkylation sites (N-methyl/N-ethyl adjacent to an activating group) is 1. The van der Waals surface area contributed by atoms with E-state index in [2.05, 4.69) is 10.6 Å². The van der Waals surface area contributed by atoms with Crippen LogP contribution in [0.4, 0.5) is 11.4 Å². The van der Waals surface area contributed by atoms with E-state index in [9.17, 15) is 4.79 Å². The molecule has 0 aliphatic carbocycles. The standard InChI is InChI=1S/C23H17Cl3N4OS/c1-30-19-10-8-14(24)11-16(19)20(13-5-3-2-4-6-13)28-21(22(30)31)29-23(32)27-18-12-15(25)7-9-17(18)26/h2-12,21H,1H3,(H2,27,29,32). The minimum Gasteiger partial charge on any atom is -0.333 e. The van der Waals surface area contributed by atoms with Crippen LogP contribution in [-0.2, 0) is 4.79 Å². The van der Waals surface area contributed by atoms with Crippen molar-refractivity contribution in [2.24, 2.45) is 4.99 Å². The summed E-state index contributed by atoms with van der Waals surface area (Å²) in [6.45, 7) is 0. The summed E-state index contributed by atoms with van der Waals surface area (Å²) in [4.78, 5) is 19.6. The lowest BCUT2D eigenvalue weighted by molar-refractivity contribution is -0.119. The number of anilines is 2. The molecule has 0 saturated heterocycles. The van der Waals surface area contributed by atoms with Gasteiger partial charge in [-0.15, -0.1) is 0 Å². The van der Waals surface area contributed by atoms with Gasteiger partial charge in [0.25, 0.3) is 5.91 Å². The molecule has 1 aliphatic rings. The van der Waals surface area contributed by atoms with Crippen molar-refractivity contribution in [3.63, 3.8) is 0 Å². The number of carbonyl (C=O) groups excluding carboxylic acids is 1. The van der Waals surface area contributed by atoms with E-state index in [1.165, 1.54) is 4.90 Å². The molecular weight excluding hydrogens is 487 g/mol. The Hall–Kier alpha value is -2.64. The number of hydrogen-bond donors (Lipinski definition) is 2. The van der Waals surface area contributed by atoms with Crippen LogP contribution in [0.3, 0.4) is 0 Å². The largest absolute Gasteiger partial charge is 0.333 e. The fourth-order valence-electron chi connectivity index (χ4n) is 3.34. The van der Waals surface area contributed by atoms with Gasteiger partial charge in [0.1, 0.15) is 0 Å². The lowest BCUT2D eigenvalue weighted by atomic mass is 10.0. The molecule has 3 aromatic carbocycles. The predicted octanol–water partition coefficient (Wildman–Crippen LogP) is 5.77. The average Bonchev–Trinajstić information content (AvgIpc) is 2.87. The average molecular weight is 504 g/mol. The molecule has 4 rings (SSSR count). The molecule has 0 saturated carbocycles. The second kappa shape index (κ2) is 9.46. The zero-order valence-electron chi connectivity index (χ0n) is 16.8. The van der Waals surface area contributed by atoms with Gasteiger partial charge in [0.15, 0.2) is 5.11 Å². The molecule has 2 N–H and O–H groups in total. The van der Waals surface area contributed by atoms with Crippen LogP contribution in [0.2, 0.25) is 15.1 Å². The molecule has 9 heteroatoms. The molecule has 1 heterocycles. The highest BCUT2D eigenvalue weighted by atomic mass is 35.5. The fourth-order valence-corrected chi connectivity index (χ4v) is 4.07. The molecule has 3 aromatic rings. The highest BCUT2D eigenvalue weighted by Crippen LogP contribution is 2.30. The van der Waals surface area contributed by atoms with Gasteiger partial charge in [0.2, 0.25) is 6.17 Å². The number of rotatable bonds is 3. The first-order valence-corrected chi connectivity index (χ1v) is 11.1. The highest BCUT2D eigenvalue weighted by molar-refractivity contribution is 7.80. The fraction of sp³-hybridized carbons (Fsp3) is 0.0870. The Bertz CT molecular complexity index is 1230. The number of fused-ring (bicyclic) bond motifs is 1. The predicted molar refractivity (Wildman–Crippen MR) is 137 cm³/mol. The summed E-state index contributed by atoms with van der Waals surface area (Å²) < 4.78 is 0. The van der Waals surface area contributed by atoms with Crippen LogP contribution >= 0.6 is 47.0 Å². The van der Waals surface area contributed by atoms with E-state index in [-0.39, 0.29) is 11.0 Å². The molecule has 1 aliphatic heterocycles. The first-order chi connectivity index (χ1) is 15.3. The van der Waals surface area contributed by atoms with E-state index in [4.69, 9.17) is 52.0 Å². The van der Waals surface area contributed by atoms with Gasteiger partial charge < -0.3 is 15.5 Å². The van der Waals surface area contributed by atoms with E-state index < -0.39 is 6.17 Å². The number of carbonyl (C=O) groups is 1. The lowest BCUT2D eigenvalue weighted by Crippen LogP contribution is -2.47. The summed E-state index contributed by atoms with van der Waals surface area (Å²) in [6.07, 6.45) is -0.973. The number of aliphatic imine (C=N–C) groups is 1. The van der Waals surface area contributed by atoms with E-state index in [0.717, 1.165) is 11.1 Å². The third kappa shape index (κ3) is 4.74. The van der Waals surface area contributed by atoms with Gasteiger partial charge in [-0.1, -0.05) is 65.1 Å². The van der Waals surface area contributed by atoms with E-state index in [1.54, 1.807) is 43.4 Å². The van der Waals surface area contributed by atoms with Gasteiger partial charge in [0, 0.05) is 28.2 Å². The topological polar surface area (TPSA) is 56.7 Å². The molecular formula is C23H17Cl3N4OS. The Morgan fingerprint density at radius 3 is 2.44 bits per heavy atom. The monoisotopic (exact) mass is 502 g/mol. The van der Waals surface area contributed by atoms with Crippen molar-refractivity contribution in [3.8, 4) is 0 Å². The van der Waals surface area contributed by atoms with Crippen LogP contribution in [0.25, 0.3) is 0 Å². The van der Waals surface area contributed by atoms with Gasteiger partial charge in [-0.05, 0) is 48.6 Å². The number of benzodiazepines with no additional fused rings is 1. The minimum atomic E-state index is -0.973. The van der Waals surface area contributed by atoms with Crippen molar-refractivity contribution in [2.75, 3.05) is 17.3 Å². The third-order valence-corrected chi connectivity index (χ3v) is 5.91. The summed E-state index contributed by atoms with van der Waals surface area (Å²) in [5.41, 5.74) is 3.45. The lowest BCUT2D eigenvalue weighted by Gasteiger charge is -2.22. The Balaban J connectivity index is 1.72. The van der Waals surface area contributed by atoms with Gasteiger partial charge in [-0.25, -0.2) is 4.99 Å². The summed E-state index contributed by atoms with van der Waals surface area (Å²) in [7, 11) is 1.69. The molecule has 162 valence electrons. The maximum atomic E-state index is 13.3. The molecule has 1 atom stereocenters. The normalized spacial score (nSPS) is 15.5. The van der Waals surface area contributed by atoms with Crippen molar-refractivity contribution in [1.82, 2.24) is 5.32 Å². The second-order valence-corrected chi connectivity index (χ2v) is 8.72. The Labute approximate surface area is 206 Å². The molecule has 0 bridgehead atoms. The molecule has 1 amide bonds. The molecule has 5 nitrogen and oxygen atoms in total. The van der Waals surface area contributed by atoms with Crippen molar-refractivity contribution in [1.29, 1.82) is 0 Å². The van der Waals surface area contributed by atoms with E-state index >= 15 is 0 Å². The number of thiocarbonyl (C=S) groups is 1. The van der Waals surface area contributed by atoms with Gasteiger partial charge in [-0.2, -0.15) is 0 Å². The summed E-state index contributed by atoms with van der Waals surface area (Å²) >= 11 is 24.0. The smallest absolute Gasteiger partial charge is 0.272 e. The zero-order chi connectivity index (χ0) is 22.8. The van der Waals surface area contributed by atoms with Crippen LogP contribution in [0.5, 0.6) is 0 Å². The van der Waals surface area contributed by atoms with Crippen LogP contribution in [-0.4, -0.2) is 29.9 Å². The van der Waals surface area contributed by atoms with Gasteiger partial charge >= 0.3 is 0 Å². The number of nitrogens with one attached hydrogen (secondary N) is 2. The number of amides is 1. The molecule has 0 spiro atoms. The Morgan fingerprint density at radius 2 is 1.69 bits per heavy atom. The number of benzene rings is 3. The third-order valence-electron chi connectivity index (χ3n) is 4.89. The first-order valence-electron chi connectivity index (χ1n) is 9.57. The molecule has 0 radical (unpaired) electrons.